The molecule has 2 saturated carbocycles. The van der Waals surface area contributed by atoms with Crippen LogP contribution in [0.5, 0.6) is 5.75 Å². The summed E-state index contributed by atoms with van der Waals surface area (Å²) in [6.45, 7) is 5.83. The van der Waals surface area contributed by atoms with Gasteiger partial charge in [0.2, 0.25) is 0 Å². The third kappa shape index (κ3) is 3.61. The van der Waals surface area contributed by atoms with Crippen LogP contribution in [0.1, 0.15) is 55.4 Å². The van der Waals surface area contributed by atoms with Crippen molar-refractivity contribution in [3.05, 3.63) is 29.8 Å². The number of halogens is 1. The maximum atomic E-state index is 5.85. The number of rotatable bonds is 7. The SMILES string of the molecule is CCC(I)c1ccc(OCOCC2(C)CC3CCC2C3)cc1. The molecule has 0 saturated heterocycles. The van der Waals surface area contributed by atoms with Crippen LogP contribution in [-0.2, 0) is 4.74 Å². The van der Waals surface area contributed by atoms with Crippen LogP contribution in [0.2, 0.25) is 0 Å². The van der Waals surface area contributed by atoms with E-state index in [2.05, 4.69) is 60.7 Å². The molecule has 0 heterocycles. The highest BCUT2D eigenvalue weighted by atomic mass is 127. The standard InChI is InChI=1S/C19H27IO2/c1-3-18(20)15-5-8-17(9-6-15)22-13-21-12-19(2)11-14-4-7-16(19)10-14/h5-6,8-9,14,16,18H,3-4,7,10-13H2,1-2H3. The zero-order chi connectivity index (χ0) is 15.6. The molecule has 2 aliphatic carbocycles. The topological polar surface area (TPSA) is 18.5 Å². The van der Waals surface area contributed by atoms with Crippen LogP contribution in [0.25, 0.3) is 0 Å². The van der Waals surface area contributed by atoms with E-state index in [0.717, 1.165) is 30.6 Å². The Morgan fingerprint density at radius 3 is 2.64 bits per heavy atom. The summed E-state index contributed by atoms with van der Waals surface area (Å²) in [6, 6.07) is 8.43. The predicted molar refractivity (Wildman–Crippen MR) is 98.5 cm³/mol. The number of benzene rings is 1. The van der Waals surface area contributed by atoms with Gasteiger partial charge in [-0.3, -0.25) is 0 Å². The van der Waals surface area contributed by atoms with Crippen LogP contribution in [-0.4, -0.2) is 13.4 Å². The molecule has 0 radical (unpaired) electrons. The van der Waals surface area contributed by atoms with Gasteiger partial charge in [-0.1, -0.05) is 55.0 Å². The molecule has 2 fully saturated rings. The van der Waals surface area contributed by atoms with E-state index >= 15 is 0 Å². The molecule has 0 aliphatic heterocycles. The van der Waals surface area contributed by atoms with E-state index in [1.165, 1.54) is 31.2 Å². The van der Waals surface area contributed by atoms with Gasteiger partial charge in [-0.25, -0.2) is 0 Å². The van der Waals surface area contributed by atoms with Crippen molar-refractivity contribution in [1.82, 2.24) is 0 Å². The fourth-order valence-electron chi connectivity index (χ4n) is 4.29. The van der Waals surface area contributed by atoms with Crippen LogP contribution < -0.4 is 4.74 Å². The molecule has 4 unspecified atom stereocenters. The Bertz CT molecular complexity index is 487. The highest BCUT2D eigenvalue weighted by Crippen LogP contribution is 2.55. The van der Waals surface area contributed by atoms with Crippen molar-refractivity contribution < 1.29 is 9.47 Å². The van der Waals surface area contributed by atoms with Crippen molar-refractivity contribution in [2.24, 2.45) is 17.3 Å². The molecule has 122 valence electrons. The molecule has 22 heavy (non-hydrogen) atoms. The van der Waals surface area contributed by atoms with E-state index in [-0.39, 0.29) is 0 Å². The molecule has 1 aromatic rings. The van der Waals surface area contributed by atoms with Crippen molar-refractivity contribution in [3.63, 3.8) is 0 Å². The van der Waals surface area contributed by atoms with Gasteiger partial charge in [-0.05, 0) is 60.6 Å². The average Bonchev–Trinajstić information content (AvgIpc) is 3.12. The van der Waals surface area contributed by atoms with E-state index < -0.39 is 0 Å². The van der Waals surface area contributed by atoms with Gasteiger partial charge in [0.25, 0.3) is 0 Å². The maximum Gasteiger partial charge on any atom is 0.189 e. The van der Waals surface area contributed by atoms with Gasteiger partial charge in [0, 0.05) is 3.92 Å². The van der Waals surface area contributed by atoms with E-state index in [1.54, 1.807) is 0 Å². The van der Waals surface area contributed by atoms with Crippen LogP contribution in [0.15, 0.2) is 24.3 Å². The molecular weight excluding hydrogens is 387 g/mol. The van der Waals surface area contributed by atoms with E-state index in [4.69, 9.17) is 9.47 Å². The van der Waals surface area contributed by atoms with Crippen LogP contribution >= 0.6 is 22.6 Å². The Kier molecular flexibility index (Phi) is 5.33. The third-order valence-corrected chi connectivity index (χ3v) is 7.22. The molecule has 0 spiro atoms. The molecule has 2 bridgehead atoms. The summed E-state index contributed by atoms with van der Waals surface area (Å²) in [7, 11) is 0. The molecule has 4 atom stereocenters. The Morgan fingerprint density at radius 1 is 1.27 bits per heavy atom. The van der Waals surface area contributed by atoms with Crippen LogP contribution in [0.3, 0.4) is 0 Å². The van der Waals surface area contributed by atoms with Gasteiger partial charge < -0.3 is 9.47 Å². The third-order valence-electron chi connectivity index (χ3n) is 5.62. The largest absolute Gasteiger partial charge is 0.468 e. The second kappa shape index (κ2) is 7.08. The summed E-state index contributed by atoms with van der Waals surface area (Å²) in [5.41, 5.74) is 1.76. The zero-order valence-corrected chi connectivity index (χ0v) is 15.8. The number of fused-ring (bicyclic) bond motifs is 2. The zero-order valence-electron chi connectivity index (χ0n) is 13.7. The highest BCUT2D eigenvalue weighted by Gasteiger charge is 2.47. The fourth-order valence-corrected chi connectivity index (χ4v) is 4.70. The fraction of sp³-hybridized carbons (Fsp3) is 0.684. The summed E-state index contributed by atoms with van der Waals surface area (Å²) in [4.78, 5) is 0. The molecule has 3 rings (SSSR count). The summed E-state index contributed by atoms with van der Waals surface area (Å²) in [5, 5.41) is 0. The first-order chi connectivity index (χ1) is 10.6. The lowest BCUT2D eigenvalue weighted by molar-refractivity contribution is -0.0430. The lowest BCUT2D eigenvalue weighted by atomic mass is 9.75. The first-order valence-electron chi connectivity index (χ1n) is 8.55. The summed E-state index contributed by atoms with van der Waals surface area (Å²) >= 11 is 2.48. The van der Waals surface area contributed by atoms with Gasteiger partial charge >= 0.3 is 0 Å². The molecule has 2 nitrogen and oxygen atoms in total. The van der Waals surface area contributed by atoms with Crippen molar-refractivity contribution in [3.8, 4) is 5.75 Å². The Morgan fingerprint density at radius 2 is 2.05 bits per heavy atom. The minimum Gasteiger partial charge on any atom is -0.468 e. The minimum atomic E-state index is 0.369. The van der Waals surface area contributed by atoms with Gasteiger partial charge in [-0.2, -0.15) is 0 Å². The van der Waals surface area contributed by atoms with Crippen LogP contribution in [0.4, 0.5) is 0 Å². The molecular formula is C19H27IO2. The van der Waals surface area contributed by atoms with Crippen molar-refractivity contribution in [2.45, 2.75) is 49.9 Å². The molecule has 3 heteroatoms. The number of ether oxygens (including phenoxy) is 2. The van der Waals surface area contributed by atoms with Crippen LogP contribution in [0, 0.1) is 17.3 Å². The lowest BCUT2D eigenvalue weighted by Crippen LogP contribution is -2.30. The molecule has 0 aromatic heterocycles. The monoisotopic (exact) mass is 414 g/mol. The quantitative estimate of drug-likeness (QED) is 0.245. The highest BCUT2D eigenvalue weighted by molar-refractivity contribution is 14.1. The summed E-state index contributed by atoms with van der Waals surface area (Å²) < 4.78 is 12.2. The molecule has 1 aromatic carbocycles. The Labute approximate surface area is 148 Å². The average molecular weight is 414 g/mol. The van der Waals surface area contributed by atoms with E-state index in [9.17, 15) is 0 Å². The van der Waals surface area contributed by atoms with Crippen molar-refractivity contribution in [2.75, 3.05) is 13.4 Å². The van der Waals surface area contributed by atoms with E-state index in [0.29, 0.717) is 16.1 Å². The van der Waals surface area contributed by atoms with Gasteiger partial charge in [0.15, 0.2) is 6.79 Å². The molecule has 0 amide bonds. The van der Waals surface area contributed by atoms with Gasteiger partial charge in [0.05, 0.1) is 6.61 Å². The molecule has 2 aliphatic rings. The number of hydrogen-bond acceptors (Lipinski definition) is 2. The summed E-state index contributed by atoms with van der Waals surface area (Å²) in [6.07, 6.45) is 6.78. The second-order valence-corrected chi connectivity index (χ2v) is 8.79. The Balaban J connectivity index is 1.42. The molecule has 0 N–H and O–H groups in total. The van der Waals surface area contributed by atoms with E-state index in [1.807, 2.05) is 0 Å². The van der Waals surface area contributed by atoms with Gasteiger partial charge in [0.1, 0.15) is 5.75 Å². The maximum absolute atomic E-state index is 5.85. The Hall–Kier alpha value is -0.290. The predicted octanol–water partition coefficient (Wildman–Crippen LogP) is 5.75. The number of alkyl halides is 1. The smallest absolute Gasteiger partial charge is 0.189 e. The van der Waals surface area contributed by atoms with Crippen molar-refractivity contribution in [1.29, 1.82) is 0 Å². The first-order valence-corrected chi connectivity index (χ1v) is 9.80. The van der Waals surface area contributed by atoms with Crippen molar-refractivity contribution >= 4 is 22.6 Å². The summed E-state index contributed by atoms with van der Waals surface area (Å²) in [5.74, 6) is 2.75. The lowest BCUT2D eigenvalue weighted by Gasteiger charge is -2.33. The first kappa shape index (κ1) is 16.6. The normalized spacial score (nSPS) is 31.4. The minimum absolute atomic E-state index is 0.369. The second-order valence-electron chi connectivity index (χ2n) is 7.29. The number of hydrogen-bond donors (Lipinski definition) is 0. The van der Waals surface area contributed by atoms with Gasteiger partial charge in [-0.15, -0.1) is 0 Å².